The van der Waals surface area contributed by atoms with Gasteiger partial charge in [0, 0.05) is 18.5 Å². The van der Waals surface area contributed by atoms with Crippen molar-refractivity contribution in [2.24, 2.45) is 0 Å². The molecule has 0 radical (unpaired) electrons. The van der Waals surface area contributed by atoms with Crippen molar-refractivity contribution in [3.05, 3.63) is 64.7 Å². The number of nitrogen functional groups attached to an aromatic ring is 1. The molecule has 0 bridgehead atoms. The maximum absolute atomic E-state index is 12.9. The van der Waals surface area contributed by atoms with Crippen LogP contribution in [-0.2, 0) is 12.3 Å². The molecule has 0 atom stereocenters. The van der Waals surface area contributed by atoms with Crippen LogP contribution in [0.3, 0.4) is 0 Å². The molecular weight excluding hydrogens is 374 g/mol. The predicted octanol–water partition coefficient (Wildman–Crippen LogP) is 2.60. The molecule has 0 fully saturated rings. The lowest BCUT2D eigenvalue weighted by atomic mass is 10.2. The molecule has 0 saturated heterocycles. The van der Waals surface area contributed by atoms with Crippen LogP contribution in [0.25, 0.3) is 21.8 Å². The molecule has 142 valence electrons. The van der Waals surface area contributed by atoms with Crippen molar-refractivity contribution in [1.29, 1.82) is 0 Å². The zero-order valence-corrected chi connectivity index (χ0v) is 15.9. The molecule has 4 rings (SSSR count). The Kier molecular flexibility index (Phi) is 5.23. The number of benzene rings is 2. The number of nitrogens with two attached hydrogens (primary N) is 1. The van der Waals surface area contributed by atoms with E-state index in [1.807, 2.05) is 42.5 Å². The number of thioether (sulfide) groups is 1. The first-order valence-electron chi connectivity index (χ1n) is 8.92. The molecule has 4 aromatic rings. The lowest BCUT2D eigenvalue weighted by Gasteiger charge is -2.12. The average Bonchev–Trinajstić information content (AvgIpc) is 2.72. The lowest BCUT2D eigenvalue weighted by Crippen LogP contribution is -2.24. The molecular formula is C20H19N5O2S. The Morgan fingerprint density at radius 1 is 0.964 bits per heavy atom. The minimum atomic E-state index is -0.111. The van der Waals surface area contributed by atoms with Gasteiger partial charge in [-0.1, -0.05) is 36.0 Å². The van der Waals surface area contributed by atoms with Gasteiger partial charge in [-0.3, -0.25) is 9.36 Å². The Balaban J connectivity index is 1.70. The highest BCUT2D eigenvalue weighted by Gasteiger charge is 2.13. The van der Waals surface area contributed by atoms with Crippen molar-refractivity contribution < 1.29 is 5.11 Å². The quantitative estimate of drug-likeness (QED) is 0.383. The third-order valence-corrected chi connectivity index (χ3v) is 5.35. The van der Waals surface area contributed by atoms with E-state index < -0.39 is 0 Å². The van der Waals surface area contributed by atoms with Crippen molar-refractivity contribution in [2.45, 2.75) is 23.9 Å². The average molecular weight is 393 g/mol. The molecule has 0 amide bonds. The fourth-order valence-corrected chi connectivity index (χ4v) is 3.91. The van der Waals surface area contributed by atoms with Crippen LogP contribution in [0.5, 0.6) is 0 Å². The highest BCUT2D eigenvalue weighted by atomic mass is 32.2. The molecule has 0 aliphatic heterocycles. The molecule has 28 heavy (non-hydrogen) atoms. The molecule has 3 N–H and O–H groups in total. The third-order valence-electron chi connectivity index (χ3n) is 4.38. The maximum Gasteiger partial charge on any atom is 0.262 e. The summed E-state index contributed by atoms with van der Waals surface area (Å²) in [5, 5.41) is 11.1. The largest absolute Gasteiger partial charge is 0.396 e. The summed E-state index contributed by atoms with van der Waals surface area (Å²) < 4.78 is 1.60. The first kappa shape index (κ1) is 18.4. The van der Waals surface area contributed by atoms with Gasteiger partial charge in [-0.2, -0.15) is 0 Å². The minimum absolute atomic E-state index is 0.00763. The summed E-state index contributed by atoms with van der Waals surface area (Å²) in [5.74, 6) is 1.45. The molecule has 0 spiro atoms. The van der Waals surface area contributed by atoms with Crippen LogP contribution in [0.15, 0.2) is 58.5 Å². The SMILES string of the molecule is Nc1nc(CSc2nc3ccccc3c(=O)n2CCCO)nc2ccccc12. The van der Waals surface area contributed by atoms with Crippen LogP contribution in [0.2, 0.25) is 0 Å². The number of hydrogen-bond donors (Lipinski definition) is 2. The maximum atomic E-state index is 12.9. The van der Waals surface area contributed by atoms with Crippen molar-refractivity contribution in [3.63, 3.8) is 0 Å². The second-order valence-corrected chi connectivity index (χ2v) is 7.22. The molecule has 8 heteroatoms. The van der Waals surface area contributed by atoms with Gasteiger partial charge in [0.15, 0.2) is 5.16 Å². The van der Waals surface area contributed by atoms with Crippen molar-refractivity contribution in [1.82, 2.24) is 19.5 Å². The number of aromatic nitrogens is 4. The van der Waals surface area contributed by atoms with Gasteiger partial charge in [0.05, 0.1) is 22.2 Å². The number of hydrogen-bond acceptors (Lipinski definition) is 7. The molecule has 0 unspecified atom stereocenters. The van der Waals surface area contributed by atoms with E-state index >= 15 is 0 Å². The van der Waals surface area contributed by atoms with E-state index in [2.05, 4.69) is 15.0 Å². The standard InChI is InChI=1S/C20H19N5O2S/c21-18-13-6-1-3-8-15(13)22-17(24-18)12-28-20-23-16-9-4-2-7-14(16)19(27)25(20)10-5-11-26/h1-4,6-9,26H,5,10-12H2,(H2,21,22,24). The molecule has 2 aromatic heterocycles. The minimum Gasteiger partial charge on any atom is -0.396 e. The zero-order valence-electron chi connectivity index (χ0n) is 15.1. The van der Waals surface area contributed by atoms with E-state index in [9.17, 15) is 9.90 Å². The van der Waals surface area contributed by atoms with Crippen LogP contribution >= 0.6 is 11.8 Å². The van der Waals surface area contributed by atoms with E-state index in [0.29, 0.717) is 46.4 Å². The summed E-state index contributed by atoms with van der Waals surface area (Å²) in [5.41, 5.74) is 7.38. The monoisotopic (exact) mass is 393 g/mol. The van der Waals surface area contributed by atoms with E-state index in [4.69, 9.17) is 5.73 Å². The first-order valence-corrected chi connectivity index (χ1v) is 9.90. The summed E-state index contributed by atoms with van der Waals surface area (Å²) in [4.78, 5) is 26.5. The molecule has 0 aliphatic rings. The fourth-order valence-electron chi connectivity index (χ4n) is 3.03. The summed E-state index contributed by atoms with van der Waals surface area (Å²) in [7, 11) is 0. The Hall–Kier alpha value is -2.97. The Bertz CT molecular complexity index is 1210. The fraction of sp³-hybridized carbons (Fsp3) is 0.200. The van der Waals surface area contributed by atoms with Crippen LogP contribution in [0.4, 0.5) is 5.82 Å². The Labute approximate surface area is 165 Å². The van der Waals surface area contributed by atoms with E-state index in [0.717, 1.165) is 10.9 Å². The van der Waals surface area contributed by atoms with Gasteiger partial charge in [-0.15, -0.1) is 0 Å². The van der Waals surface area contributed by atoms with Crippen molar-refractivity contribution >= 4 is 39.4 Å². The van der Waals surface area contributed by atoms with Crippen molar-refractivity contribution in [2.75, 3.05) is 12.3 Å². The first-order chi connectivity index (χ1) is 13.7. The summed E-state index contributed by atoms with van der Waals surface area (Å²) in [6.45, 7) is 0.407. The second kappa shape index (κ2) is 7.95. The van der Waals surface area contributed by atoms with Gasteiger partial charge in [0.25, 0.3) is 5.56 Å². The Morgan fingerprint density at radius 2 is 1.64 bits per heavy atom. The van der Waals surface area contributed by atoms with Crippen LogP contribution < -0.4 is 11.3 Å². The molecule has 7 nitrogen and oxygen atoms in total. The number of anilines is 1. The summed E-state index contributed by atoms with van der Waals surface area (Å²) >= 11 is 1.39. The van der Waals surface area contributed by atoms with Gasteiger partial charge in [-0.05, 0) is 30.7 Å². The number of fused-ring (bicyclic) bond motifs is 2. The van der Waals surface area contributed by atoms with E-state index in [-0.39, 0.29) is 12.2 Å². The smallest absolute Gasteiger partial charge is 0.262 e. The molecule has 0 aliphatic carbocycles. The number of nitrogens with zero attached hydrogens (tertiary/aromatic N) is 4. The number of aliphatic hydroxyl groups excluding tert-OH is 1. The normalized spacial score (nSPS) is 11.3. The molecule has 2 aromatic carbocycles. The second-order valence-electron chi connectivity index (χ2n) is 6.28. The highest BCUT2D eigenvalue weighted by molar-refractivity contribution is 7.98. The summed E-state index contributed by atoms with van der Waals surface area (Å²) in [6.07, 6.45) is 0.479. The molecule has 2 heterocycles. The van der Waals surface area contributed by atoms with E-state index in [1.165, 1.54) is 11.8 Å². The third kappa shape index (κ3) is 3.56. The van der Waals surface area contributed by atoms with Crippen LogP contribution in [0, 0.1) is 0 Å². The van der Waals surface area contributed by atoms with Gasteiger partial charge >= 0.3 is 0 Å². The number of rotatable bonds is 6. The zero-order chi connectivity index (χ0) is 19.5. The topological polar surface area (TPSA) is 107 Å². The predicted molar refractivity (Wildman–Crippen MR) is 111 cm³/mol. The molecule has 0 saturated carbocycles. The van der Waals surface area contributed by atoms with E-state index in [1.54, 1.807) is 10.6 Å². The Morgan fingerprint density at radius 3 is 2.39 bits per heavy atom. The number of para-hydroxylation sites is 2. The number of aliphatic hydroxyl groups is 1. The highest BCUT2D eigenvalue weighted by Crippen LogP contribution is 2.24. The van der Waals surface area contributed by atoms with Crippen LogP contribution in [0.1, 0.15) is 12.2 Å². The van der Waals surface area contributed by atoms with Crippen molar-refractivity contribution in [3.8, 4) is 0 Å². The van der Waals surface area contributed by atoms with Gasteiger partial charge in [-0.25, -0.2) is 15.0 Å². The summed E-state index contributed by atoms with van der Waals surface area (Å²) in [6, 6.07) is 14.8. The van der Waals surface area contributed by atoms with Gasteiger partial charge in [0.2, 0.25) is 0 Å². The lowest BCUT2D eigenvalue weighted by molar-refractivity contribution is 0.276. The van der Waals surface area contributed by atoms with Crippen LogP contribution in [-0.4, -0.2) is 31.2 Å². The van der Waals surface area contributed by atoms with Gasteiger partial charge in [0.1, 0.15) is 11.6 Å². The van der Waals surface area contributed by atoms with Gasteiger partial charge < -0.3 is 10.8 Å².